The summed E-state index contributed by atoms with van der Waals surface area (Å²) < 4.78 is 29.4. The standard InChI is InChI=1S/C16H17N3O2S/c1-12(2)13-5-7-14(8-6-13)22(20,21)18-15-4-3-10-19-11-9-17-16(15)19/h3-12,18H,1-2H3. The van der Waals surface area contributed by atoms with E-state index in [1.807, 2.05) is 18.3 Å². The fourth-order valence-electron chi connectivity index (χ4n) is 2.26. The summed E-state index contributed by atoms with van der Waals surface area (Å²) in [4.78, 5) is 4.41. The summed E-state index contributed by atoms with van der Waals surface area (Å²) >= 11 is 0. The van der Waals surface area contributed by atoms with Crippen molar-refractivity contribution in [2.45, 2.75) is 24.7 Å². The van der Waals surface area contributed by atoms with Crippen molar-refractivity contribution in [3.63, 3.8) is 0 Å². The second-order valence-corrected chi connectivity index (χ2v) is 7.09. The molecule has 0 aliphatic heterocycles. The molecule has 3 rings (SSSR count). The van der Waals surface area contributed by atoms with Crippen LogP contribution >= 0.6 is 0 Å². The minimum absolute atomic E-state index is 0.241. The Morgan fingerprint density at radius 1 is 1.09 bits per heavy atom. The first-order valence-corrected chi connectivity index (χ1v) is 8.50. The number of rotatable bonds is 4. The summed E-state index contributed by atoms with van der Waals surface area (Å²) in [6.07, 6.45) is 5.21. The predicted octanol–water partition coefficient (Wildman–Crippen LogP) is 3.26. The zero-order valence-electron chi connectivity index (χ0n) is 12.4. The fraction of sp³-hybridized carbons (Fsp3) is 0.188. The van der Waals surface area contributed by atoms with Gasteiger partial charge in [-0.2, -0.15) is 0 Å². The molecule has 6 heteroatoms. The van der Waals surface area contributed by atoms with E-state index in [-0.39, 0.29) is 4.90 Å². The average Bonchev–Trinajstić information content (AvgIpc) is 2.96. The monoisotopic (exact) mass is 315 g/mol. The van der Waals surface area contributed by atoms with Gasteiger partial charge >= 0.3 is 0 Å². The van der Waals surface area contributed by atoms with E-state index in [0.717, 1.165) is 5.56 Å². The molecule has 0 saturated heterocycles. The van der Waals surface area contributed by atoms with Crippen LogP contribution in [-0.4, -0.2) is 17.8 Å². The first-order chi connectivity index (χ1) is 10.5. The van der Waals surface area contributed by atoms with E-state index in [1.165, 1.54) is 0 Å². The molecule has 5 nitrogen and oxygen atoms in total. The van der Waals surface area contributed by atoms with Crippen LogP contribution in [-0.2, 0) is 10.0 Å². The molecule has 2 aromatic heterocycles. The molecule has 0 aliphatic carbocycles. The van der Waals surface area contributed by atoms with E-state index in [4.69, 9.17) is 0 Å². The van der Waals surface area contributed by atoms with Gasteiger partial charge in [-0.15, -0.1) is 0 Å². The quantitative estimate of drug-likeness (QED) is 0.804. The van der Waals surface area contributed by atoms with Crippen molar-refractivity contribution in [3.8, 4) is 0 Å². The molecule has 0 amide bonds. The normalized spacial score (nSPS) is 12.0. The van der Waals surface area contributed by atoms with E-state index in [2.05, 4.69) is 23.6 Å². The second-order valence-electron chi connectivity index (χ2n) is 5.41. The highest BCUT2D eigenvalue weighted by molar-refractivity contribution is 7.92. The SMILES string of the molecule is CC(C)c1ccc(S(=O)(=O)Nc2cccn3ccnc23)cc1. The number of nitrogens with zero attached hydrogens (tertiary/aromatic N) is 2. The topological polar surface area (TPSA) is 63.5 Å². The molecule has 2 heterocycles. The Labute approximate surface area is 129 Å². The number of hydrogen-bond acceptors (Lipinski definition) is 3. The van der Waals surface area contributed by atoms with Crippen LogP contribution in [0.3, 0.4) is 0 Å². The largest absolute Gasteiger partial charge is 0.305 e. The smallest absolute Gasteiger partial charge is 0.262 e. The van der Waals surface area contributed by atoms with Crippen LogP contribution in [0.25, 0.3) is 5.65 Å². The molecule has 0 atom stereocenters. The molecule has 114 valence electrons. The summed E-state index contributed by atoms with van der Waals surface area (Å²) in [6, 6.07) is 10.4. The van der Waals surface area contributed by atoms with Crippen LogP contribution in [0, 0.1) is 0 Å². The number of nitrogens with one attached hydrogen (secondary N) is 1. The highest BCUT2D eigenvalue weighted by Gasteiger charge is 2.16. The third-order valence-electron chi connectivity index (χ3n) is 3.52. The molecule has 0 saturated carbocycles. The van der Waals surface area contributed by atoms with Gasteiger partial charge in [0.1, 0.15) is 0 Å². The van der Waals surface area contributed by atoms with Crippen LogP contribution in [0.15, 0.2) is 59.9 Å². The molecule has 0 unspecified atom stereocenters. The van der Waals surface area contributed by atoms with Crippen LogP contribution in [0.4, 0.5) is 5.69 Å². The first kappa shape index (κ1) is 14.6. The number of aromatic nitrogens is 2. The molecule has 3 aromatic rings. The molecular formula is C16H17N3O2S. The Balaban J connectivity index is 1.95. The van der Waals surface area contributed by atoms with Crippen molar-refractivity contribution < 1.29 is 8.42 Å². The third-order valence-corrected chi connectivity index (χ3v) is 4.90. The van der Waals surface area contributed by atoms with Gasteiger partial charge in [-0.05, 0) is 35.7 Å². The van der Waals surface area contributed by atoms with Crippen LogP contribution < -0.4 is 4.72 Å². The van der Waals surface area contributed by atoms with Gasteiger partial charge in [0, 0.05) is 18.6 Å². The second kappa shape index (κ2) is 5.46. The number of imidazole rings is 1. The van der Waals surface area contributed by atoms with Gasteiger partial charge in [-0.1, -0.05) is 26.0 Å². The lowest BCUT2D eigenvalue weighted by atomic mass is 10.0. The van der Waals surface area contributed by atoms with Crippen molar-refractivity contribution in [1.29, 1.82) is 0 Å². The minimum Gasteiger partial charge on any atom is -0.305 e. The number of anilines is 1. The lowest BCUT2D eigenvalue weighted by Crippen LogP contribution is -2.13. The molecule has 0 spiro atoms. The molecule has 0 aliphatic rings. The van der Waals surface area contributed by atoms with Gasteiger partial charge in [0.15, 0.2) is 5.65 Å². The van der Waals surface area contributed by atoms with E-state index in [1.54, 1.807) is 41.1 Å². The predicted molar refractivity (Wildman–Crippen MR) is 86.5 cm³/mol. The number of hydrogen-bond donors (Lipinski definition) is 1. The summed E-state index contributed by atoms with van der Waals surface area (Å²) in [6.45, 7) is 4.14. The molecule has 0 bridgehead atoms. The van der Waals surface area contributed by atoms with E-state index in [9.17, 15) is 8.42 Å². The fourth-order valence-corrected chi connectivity index (χ4v) is 3.32. The van der Waals surface area contributed by atoms with Gasteiger partial charge < -0.3 is 4.40 Å². The van der Waals surface area contributed by atoms with E-state index < -0.39 is 10.0 Å². The number of fused-ring (bicyclic) bond motifs is 1. The Morgan fingerprint density at radius 2 is 1.82 bits per heavy atom. The Hall–Kier alpha value is -2.34. The van der Waals surface area contributed by atoms with Crippen LogP contribution in [0.5, 0.6) is 0 Å². The summed E-state index contributed by atoms with van der Waals surface area (Å²) in [7, 11) is -3.63. The van der Waals surface area contributed by atoms with Crippen molar-refractivity contribution in [2.24, 2.45) is 0 Å². The van der Waals surface area contributed by atoms with E-state index in [0.29, 0.717) is 17.3 Å². The summed E-state index contributed by atoms with van der Waals surface area (Å²) in [5.74, 6) is 0.364. The van der Waals surface area contributed by atoms with Gasteiger partial charge in [0.05, 0.1) is 10.6 Å². The lowest BCUT2D eigenvalue weighted by Gasteiger charge is -2.10. The van der Waals surface area contributed by atoms with Crippen molar-refractivity contribution in [2.75, 3.05) is 4.72 Å². The molecule has 0 fully saturated rings. The average molecular weight is 315 g/mol. The number of pyridine rings is 1. The Morgan fingerprint density at radius 3 is 2.50 bits per heavy atom. The van der Waals surface area contributed by atoms with Crippen LogP contribution in [0.1, 0.15) is 25.3 Å². The van der Waals surface area contributed by atoms with Crippen molar-refractivity contribution in [1.82, 2.24) is 9.38 Å². The lowest BCUT2D eigenvalue weighted by molar-refractivity contribution is 0.601. The Bertz CT molecular complexity index is 897. The van der Waals surface area contributed by atoms with Crippen LogP contribution in [0.2, 0.25) is 0 Å². The summed E-state index contributed by atoms with van der Waals surface area (Å²) in [5.41, 5.74) is 2.14. The zero-order chi connectivity index (χ0) is 15.7. The molecular weight excluding hydrogens is 298 g/mol. The molecule has 1 N–H and O–H groups in total. The minimum atomic E-state index is -3.63. The number of benzene rings is 1. The van der Waals surface area contributed by atoms with Gasteiger partial charge in [-0.25, -0.2) is 13.4 Å². The van der Waals surface area contributed by atoms with Crippen molar-refractivity contribution >= 4 is 21.4 Å². The van der Waals surface area contributed by atoms with Gasteiger partial charge in [0.25, 0.3) is 10.0 Å². The highest BCUT2D eigenvalue weighted by atomic mass is 32.2. The first-order valence-electron chi connectivity index (χ1n) is 7.02. The zero-order valence-corrected chi connectivity index (χ0v) is 13.2. The van der Waals surface area contributed by atoms with Gasteiger partial charge in [-0.3, -0.25) is 4.72 Å². The number of sulfonamides is 1. The maximum atomic E-state index is 12.5. The Kier molecular flexibility index (Phi) is 3.62. The van der Waals surface area contributed by atoms with Gasteiger partial charge in [0.2, 0.25) is 0 Å². The molecule has 22 heavy (non-hydrogen) atoms. The summed E-state index contributed by atoms with van der Waals surface area (Å²) in [5, 5.41) is 0. The third kappa shape index (κ3) is 2.69. The molecule has 0 radical (unpaired) electrons. The maximum absolute atomic E-state index is 12.5. The maximum Gasteiger partial charge on any atom is 0.262 e. The van der Waals surface area contributed by atoms with E-state index >= 15 is 0 Å². The molecule has 1 aromatic carbocycles. The van der Waals surface area contributed by atoms with Crippen molar-refractivity contribution in [3.05, 3.63) is 60.6 Å². The highest BCUT2D eigenvalue weighted by Crippen LogP contribution is 2.21.